The van der Waals surface area contributed by atoms with Crippen LogP contribution < -0.4 is 5.32 Å². The number of hydrogen-bond donors (Lipinski definition) is 1. The van der Waals surface area contributed by atoms with Gasteiger partial charge in [-0.25, -0.2) is 9.97 Å². The molecule has 1 fully saturated rings. The molecule has 23 heavy (non-hydrogen) atoms. The molecule has 1 saturated carbocycles. The summed E-state index contributed by atoms with van der Waals surface area (Å²) in [6.07, 6.45) is 8.67. The molecular weight excluding hydrogens is 288 g/mol. The first-order chi connectivity index (χ1) is 11.2. The minimum Gasteiger partial charge on any atom is -0.355 e. The summed E-state index contributed by atoms with van der Waals surface area (Å²) < 4.78 is 0. The van der Waals surface area contributed by atoms with E-state index in [0.717, 1.165) is 35.6 Å². The van der Waals surface area contributed by atoms with Crippen LogP contribution in [0.15, 0.2) is 30.6 Å². The van der Waals surface area contributed by atoms with Crippen molar-refractivity contribution in [3.63, 3.8) is 0 Å². The standard InChI is InChI=1S/C18H22N4O/c1-13-21-12-15(16-8-4-5-10-19-16)17(22-13)9-11-20-18(23)14-6-2-3-7-14/h4-5,8,10,12,14H,2-3,6-7,9,11H2,1H3,(H,20,23). The van der Waals surface area contributed by atoms with Gasteiger partial charge >= 0.3 is 0 Å². The molecule has 0 spiro atoms. The van der Waals surface area contributed by atoms with E-state index in [-0.39, 0.29) is 11.8 Å². The van der Waals surface area contributed by atoms with Gasteiger partial charge in [0.25, 0.3) is 0 Å². The van der Waals surface area contributed by atoms with E-state index < -0.39 is 0 Å². The Morgan fingerprint density at radius 1 is 1.26 bits per heavy atom. The molecule has 1 aliphatic rings. The molecule has 0 aromatic carbocycles. The maximum absolute atomic E-state index is 12.1. The minimum atomic E-state index is 0.188. The molecule has 5 heteroatoms. The number of aryl methyl sites for hydroxylation is 1. The van der Waals surface area contributed by atoms with Crippen LogP contribution in [-0.2, 0) is 11.2 Å². The van der Waals surface area contributed by atoms with E-state index in [1.165, 1.54) is 12.8 Å². The van der Waals surface area contributed by atoms with E-state index in [1.54, 1.807) is 6.20 Å². The van der Waals surface area contributed by atoms with Gasteiger partial charge in [0.1, 0.15) is 5.82 Å². The van der Waals surface area contributed by atoms with Gasteiger partial charge in [0.05, 0.1) is 11.4 Å². The number of rotatable bonds is 5. The van der Waals surface area contributed by atoms with Gasteiger partial charge in [-0.3, -0.25) is 9.78 Å². The Bertz CT molecular complexity index is 666. The maximum Gasteiger partial charge on any atom is 0.223 e. The molecule has 1 N–H and O–H groups in total. The zero-order valence-corrected chi connectivity index (χ0v) is 13.5. The Balaban J connectivity index is 1.67. The van der Waals surface area contributed by atoms with E-state index in [4.69, 9.17) is 0 Å². The molecule has 3 rings (SSSR count). The van der Waals surface area contributed by atoms with Gasteiger partial charge in [-0.1, -0.05) is 18.9 Å². The molecule has 0 radical (unpaired) electrons. The van der Waals surface area contributed by atoms with E-state index in [1.807, 2.05) is 31.3 Å². The third kappa shape index (κ3) is 3.92. The van der Waals surface area contributed by atoms with Crippen LogP contribution in [0.2, 0.25) is 0 Å². The summed E-state index contributed by atoms with van der Waals surface area (Å²) in [4.78, 5) is 25.3. The number of nitrogens with zero attached hydrogens (tertiary/aromatic N) is 3. The number of carbonyl (C=O) groups is 1. The van der Waals surface area contributed by atoms with Gasteiger partial charge < -0.3 is 5.32 Å². The highest BCUT2D eigenvalue weighted by atomic mass is 16.1. The minimum absolute atomic E-state index is 0.188. The van der Waals surface area contributed by atoms with Gasteiger partial charge in [0, 0.05) is 36.8 Å². The van der Waals surface area contributed by atoms with Crippen molar-refractivity contribution in [3.05, 3.63) is 42.1 Å². The SMILES string of the molecule is Cc1ncc(-c2ccccn2)c(CCNC(=O)C2CCCC2)n1. The summed E-state index contributed by atoms with van der Waals surface area (Å²) >= 11 is 0. The van der Waals surface area contributed by atoms with Crippen LogP contribution in [-0.4, -0.2) is 27.4 Å². The first kappa shape index (κ1) is 15.6. The van der Waals surface area contributed by atoms with E-state index in [2.05, 4.69) is 20.3 Å². The fourth-order valence-corrected chi connectivity index (χ4v) is 3.08. The Hall–Kier alpha value is -2.30. The van der Waals surface area contributed by atoms with E-state index in [9.17, 15) is 4.79 Å². The molecule has 120 valence electrons. The first-order valence-corrected chi connectivity index (χ1v) is 8.25. The van der Waals surface area contributed by atoms with Crippen molar-refractivity contribution < 1.29 is 4.79 Å². The normalized spacial score (nSPS) is 14.8. The molecule has 2 heterocycles. The first-order valence-electron chi connectivity index (χ1n) is 8.25. The van der Waals surface area contributed by atoms with Crippen molar-refractivity contribution in [1.82, 2.24) is 20.3 Å². The zero-order chi connectivity index (χ0) is 16.1. The average Bonchev–Trinajstić information content (AvgIpc) is 3.10. The molecule has 0 aliphatic heterocycles. The van der Waals surface area contributed by atoms with Gasteiger partial charge in [-0.2, -0.15) is 0 Å². The van der Waals surface area contributed by atoms with Crippen molar-refractivity contribution >= 4 is 5.91 Å². The second-order valence-corrected chi connectivity index (χ2v) is 6.01. The van der Waals surface area contributed by atoms with Crippen LogP contribution >= 0.6 is 0 Å². The molecule has 1 aliphatic carbocycles. The molecule has 5 nitrogen and oxygen atoms in total. The third-order valence-electron chi connectivity index (χ3n) is 4.32. The van der Waals surface area contributed by atoms with Crippen molar-refractivity contribution in [2.24, 2.45) is 5.92 Å². The lowest BCUT2D eigenvalue weighted by Gasteiger charge is -2.12. The third-order valence-corrected chi connectivity index (χ3v) is 4.32. The summed E-state index contributed by atoms with van der Waals surface area (Å²) in [5.41, 5.74) is 2.74. The van der Waals surface area contributed by atoms with Crippen molar-refractivity contribution in [2.75, 3.05) is 6.54 Å². The molecule has 0 unspecified atom stereocenters. The lowest BCUT2D eigenvalue weighted by Crippen LogP contribution is -2.31. The molecule has 2 aromatic rings. The number of carbonyl (C=O) groups excluding carboxylic acids is 1. The summed E-state index contributed by atoms with van der Waals surface area (Å²) in [6, 6.07) is 5.79. The summed E-state index contributed by atoms with van der Waals surface area (Å²) in [7, 11) is 0. The van der Waals surface area contributed by atoms with Crippen molar-refractivity contribution in [1.29, 1.82) is 0 Å². The maximum atomic E-state index is 12.1. The Morgan fingerprint density at radius 2 is 2.09 bits per heavy atom. The topological polar surface area (TPSA) is 67.8 Å². The lowest BCUT2D eigenvalue weighted by molar-refractivity contribution is -0.124. The van der Waals surface area contributed by atoms with Gasteiger partial charge in [-0.15, -0.1) is 0 Å². The van der Waals surface area contributed by atoms with Gasteiger partial charge in [0.2, 0.25) is 5.91 Å². The number of amides is 1. The van der Waals surface area contributed by atoms with Crippen LogP contribution in [0.3, 0.4) is 0 Å². The van der Waals surface area contributed by atoms with Crippen molar-refractivity contribution in [2.45, 2.75) is 39.0 Å². The average molecular weight is 310 g/mol. The largest absolute Gasteiger partial charge is 0.355 e. The van der Waals surface area contributed by atoms with Crippen LogP contribution in [0.4, 0.5) is 0 Å². The van der Waals surface area contributed by atoms with Crippen LogP contribution in [0.25, 0.3) is 11.3 Å². The second-order valence-electron chi connectivity index (χ2n) is 6.01. The summed E-state index contributed by atoms with van der Waals surface area (Å²) in [5, 5.41) is 3.05. The van der Waals surface area contributed by atoms with Crippen LogP contribution in [0.5, 0.6) is 0 Å². The Labute approximate surface area is 136 Å². The van der Waals surface area contributed by atoms with Crippen LogP contribution in [0.1, 0.15) is 37.2 Å². The molecule has 1 amide bonds. The predicted octanol–water partition coefficient (Wildman–Crippen LogP) is 2.70. The number of hydrogen-bond acceptors (Lipinski definition) is 4. The Kier molecular flexibility index (Phi) is 4.95. The number of aromatic nitrogens is 3. The predicted molar refractivity (Wildman–Crippen MR) is 88.7 cm³/mol. The van der Waals surface area contributed by atoms with E-state index >= 15 is 0 Å². The molecular formula is C18H22N4O. The summed E-state index contributed by atoms with van der Waals surface area (Å²) in [5.74, 6) is 1.13. The highest BCUT2D eigenvalue weighted by molar-refractivity contribution is 5.78. The monoisotopic (exact) mass is 310 g/mol. The molecule has 2 aromatic heterocycles. The highest BCUT2D eigenvalue weighted by Gasteiger charge is 2.22. The van der Waals surface area contributed by atoms with Crippen molar-refractivity contribution in [3.8, 4) is 11.3 Å². The molecule has 0 saturated heterocycles. The fraction of sp³-hybridized carbons (Fsp3) is 0.444. The smallest absolute Gasteiger partial charge is 0.223 e. The Morgan fingerprint density at radius 3 is 2.83 bits per heavy atom. The lowest BCUT2D eigenvalue weighted by atomic mass is 10.1. The van der Waals surface area contributed by atoms with Crippen LogP contribution in [0, 0.1) is 12.8 Å². The van der Waals surface area contributed by atoms with Gasteiger partial charge in [-0.05, 0) is 31.9 Å². The zero-order valence-electron chi connectivity index (χ0n) is 13.5. The van der Waals surface area contributed by atoms with E-state index in [0.29, 0.717) is 13.0 Å². The number of nitrogens with one attached hydrogen (secondary N) is 1. The fourth-order valence-electron chi connectivity index (χ4n) is 3.08. The second kappa shape index (κ2) is 7.31. The molecule has 0 bridgehead atoms. The number of pyridine rings is 1. The quantitative estimate of drug-likeness (QED) is 0.922. The van der Waals surface area contributed by atoms with Gasteiger partial charge in [0.15, 0.2) is 0 Å². The summed E-state index contributed by atoms with van der Waals surface area (Å²) in [6.45, 7) is 2.48. The highest BCUT2D eigenvalue weighted by Crippen LogP contribution is 2.24. The molecule has 0 atom stereocenters.